The maximum Gasteiger partial charge on any atom is 0.160 e. The highest BCUT2D eigenvalue weighted by Gasteiger charge is 2.51. The van der Waals surface area contributed by atoms with Gasteiger partial charge < -0.3 is 0 Å². The van der Waals surface area contributed by atoms with Crippen LogP contribution in [0.15, 0.2) is 207 Å². The molecule has 0 radical (unpaired) electrons. The maximum absolute atomic E-state index is 5.25. The zero-order chi connectivity index (χ0) is 40.3. The number of nitrogens with zero attached hydrogens (tertiary/aromatic N) is 6. The van der Waals surface area contributed by atoms with Crippen LogP contribution in [0, 0.1) is 0 Å². The quantitative estimate of drug-likeness (QED) is 0.167. The van der Waals surface area contributed by atoms with Gasteiger partial charge in [-0.3, -0.25) is 9.97 Å². The molecule has 0 bridgehead atoms. The molecule has 0 N–H and O–H groups in total. The van der Waals surface area contributed by atoms with E-state index >= 15 is 0 Å². The van der Waals surface area contributed by atoms with Crippen LogP contribution in [0.5, 0.6) is 0 Å². The van der Waals surface area contributed by atoms with Crippen molar-refractivity contribution in [2.24, 2.45) is 0 Å². The summed E-state index contributed by atoms with van der Waals surface area (Å²) in [6.45, 7) is 0. The van der Waals surface area contributed by atoms with Gasteiger partial charge in [-0.1, -0.05) is 133 Å². The summed E-state index contributed by atoms with van der Waals surface area (Å²) in [7, 11) is 0. The monoisotopic (exact) mass is 778 g/mol. The van der Waals surface area contributed by atoms with Gasteiger partial charge in [-0.15, -0.1) is 0 Å². The Morgan fingerprint density at radius 1 is 0.279 bits per heavy atom. The third-order valence-corrected chi connectivity index (χ3v) is 12.1. The largest absolute Gasteiger partial charge is 0.264 e. The molecule has 0 saturated heterocycles. The van der Waals surface area contributed by atoms with E-state index in [1.807, 2.05) is 73.1 Å². The van der Waals surface area contributed by atoms with Crippen LogP contribution in [-0.4, -0.2) is 29.9 Å². The standard InChI is InChI=1S/C55H34N6/c1-3-13-35(14-4-1)53-58-49(31-51(60-53)39-17-11-27-56-33-39)37-23-25-43-44-26-24-38(50-32-52(40-18-12-28-57-34-40)61-54(59-50)36-15-5-2-6-16-36)30-48(44)55(47(43)29-37)45-21-9-7-19-41(45)42-20-8-10-22-46(42)55/h1-34H. The second-order valence-electron chi connectivity index (χ2n) is 15.5. The fraction of sp³-hybridized carbons (Fsp3) is 0.0182. The fourth-order valence-corrected chi connectivity index (χ4v) is 9.41. The first kappa shape index (κ1) is 34.8. The lowest BCUT2D eigenvalue weighted by Crippen LogP contribution is -2.26. The van der Waals surface area contributed by atoms with Gasteiger partial charge in [0.2, 0.25) is 0 Å². The maximum atomic E-state index is 5.25. The van der Waals surface area contributed by atoms with E-state index in [0.29, 0.717) is 11.6 Å². The number of fused-ring (bicyclic) bond motifs is 10. The van der Waals surface area contributed by atoms with Crippen LogP contribution in [0.2, 0.25) is 0 Å². The number of aromatic nitrogens is 6. The van der Waals surface area contributed by atoms with Crippen molar-refractivity contribution < 1.29 is 0 Å². The van der Waals surface area contributed by atoms with E-state index in [4.69, 9.17) is 19.9 Å². The van der Waals surface area contributed by atoms with Gasteiger partial charge in [0.05, 0.1) is 28.2 Å². The van der Waals surface area contributed by atoms with Crippen LogP contribution in [0.25, 0.3) is 90.1 Å². The van der Waals surface area contributed by atoms with E-state index in [2.05, 4.69) is 131 Å². The summed E-state index contributed by atoms with van der Waals surface area (Å²) < 4.78 is 0. The molecule has 12 rings (SSSR count). The summed E-state index contributed by atoms with van der Waals surface area (Å²) >= 11 is 0. The molecule has 6 aromatic carbocycles. The van der Waals surface area contributed by atoms with Gasteiger partial charge in [-0.2, -0.15) is 0 Å². The van der Waals surface area contributed by atoms with Crippen molar-refractivity contribution in [1.29, 1.82) is 0 Å². The van der Waals surface area contributed by atoms with Crippen molar-refractivity contribution in [3.05, 3.63) is 229 Å². The zero-order valence-corrected chi connectivity index (χ0v) is 32.8. The van der Waals surface area contributed by atoms with Gasteiger partial charge in [0, 0.05) is 58.2 Å². The minimum Gasteiger partial charge on any atom is -0.264 e. The van der Waals surface area contributed by atoms with Gasteiger partial charge in [-0.25, -0.2) is 19.9 Å². The number of pyridine rings is 2. The molecule has 0 aliphatic heterocycles. The summed E-state index contributed by atoms with van der Waals surface area (Å²) in [4.78, 5) is 29.5. The molecule has 61 heavy (non-hydrogen) atoms. The predicted octanol–water partition coefficient (Wildman–Crippen LogP) is 12.4. The second-order valence-corrected chi connectivity index (χ2v) is 15.5. The Hall–Kier alpha value is -8.22. The molecular weight excluding hydrogens is 745 g/mol. The summed E-state index contributed by atoms with van der Waals surface area (Å²) in [6.07, 6.45) is 7.30. The highest BCUT2D eigenvalue weighted by Crippen LogP contribution is 2.63. The normalized spacial score (nSPS) is 12.7. The lowest BCUT2D eigenvalue weighted by molar-refractivity contribution is 0.794. The van der Waals surface area contributed by atoms with Crippen molar-refractivity contribution in [3.8, 4) is 90.1 Å². The summed E-state index contributed by atoms with van der Waals surface area (Å²) in [5.74, 6) is 1.34. The third kappa shape index (κ3) is 5.57. The first-order chi connectivity index (χ1) is 30.2. The molecule has 0 unspecified atom stereocenters. The number of benzene rings is 6. The van der Waals surface area contributed by atoms with Crippen LogP contribution in [-0.2, 0) is 5.41 Å². The van der Waals surface area contributed by atoms with Crippen LogP contribution in [0.1, 0.15) is 22.3 Å². The molecule has 6 nitrogen and oxygen atoms in total. The molecule has 1 spiro atoms. The van der Waals surface area contributed by atoms with Crippen molar-refractivity contribution >= 4 is 0 Å². The molecule has 284 valence electrons. The topological polar surface area (TPSA) is 77.3 Å². The van der Waals surface area contributed by atoms with Gasteiger partial charge in [-0.05, 0) is 93.0 Å². The van der Waals surface area contributed by atoms with Crippen molar-refractivity contribution in [1.82, 2.24) is 29.9 Å². The minimum atomic E-state index is -0.604. The average Bonchev–Trinajstić information content (AvgIpc) is 3.81. The Bertz CT molecular complexity index is 2960. The fourth-order valence-electron chi connectivity index (χ4n) is 9.41. The molecule has 6 heteroatoms. The minimum absolute atomic E-state index is 0.604. The first-order valence-electron chi connectivity index (χ1n) is 20.4. The van der Waals surface area contributed by atoms with E-state index in [0.717, 1.165) is 56.2 Å². The Kier molecular flexibility index (Phi) is 7.96. The van der Waals surface area contributed by atoms with Crippen LogP contribution < -0.4 is 0 Å². The third-order valence-electron chi connectivity index (χ3n) is 12.1. The highest BCUT2D eigenvalue weighted by atomic mass is 14.9. The zero-order valence-electron chi connectivity index (χ0n) is 32.8. The number of hydrogen-bond donors (Lipinski definition) is 0. The molecule has 2 aliphatic rings. The molecule has 0 fully saturated rings. The number of rotatable bonds is 6. The van der Waals surface area contributed by atoms with Gasteiger partial charge in [0.15, 0.2) is 11.6 Å². The van der Waals surface area contributed by atoms with E-state index in [1.54, 1.807) is 12.4 Å². The van der Waals surface area contributed by atoms with Crippen LogP contribution >= 0.6 is 0 Å². The Morgan fingerprint density at radius 2 is 0.656 bits per heavy atom. The Labute approximate surface area is 353 Å². The number of hydrogen-bond acceptors (Lipinski definition) is 6. The smallest absolute Gasteiger partial charge is 0.160 e. The Balaban J connectivity index is 1.10. The van der Waals surface area contributed by atoms with Crippen molar-refractivity contribution in [2.45, 2.75) is 5.41 Å². The van der Waals surface area contributed by atoms with Crippen molar-refractivity contribution in [3.63, 3.8) is 0 Å². The molecule has 4 aromatic heterocycles. The molecular formula is C55H34N6. The van der Waals surface area contributed by atoms with Gasteiger partial charge in [0.25, 0.3) is 0 Å². The highest BCUT2D eigenvalue weighted by molar-refractivity contribution is 5.97. The second kappa shape index (κ2) is 14.0. The van der Waals surface area contributed by atoms with E-state index < -0.39 is 5.41 Å². The first-order valence-corrected chi connectivity index (χ1v) is 20.4. The van der Waals surface area contributed by atoms with E-state index in [1.165, 1.54) is 44.5 Å². The summed E-state index contributed by atoms with van der Waals surface area (Å²) in [5.41, 5.74) is 18.4. The van der Waals surface area contributed by atoms with Gasteiger partial charge >= 0.3 is 0 Å². The summed E-state index contributed by atoms with van der Waals surface area (Å²) in [5, 5.41) is 0. The molecule has 4 heterocycles. The molecule has 0 saturated carbocycles. The SMILES string of the molecule is c1ccc(-c2nc(-c3cccnc3)cc(-c3ccc4c(c3)C3(c5ccccc5-c5ccccc53)c3cc(-c5cc(-c6cccnc6)nc(-c6ccccc6)n5)ccc3-4)n2)cc1. The average molecular weight is 779 g/mol. The van der Waals surface area contributed by atoms with Crippen LogP contribution in [0.3, 0.4) is 0 Å². The molecule has 2 aliphatic carbocycles. The van der Waals surface area contributed by atoms with Gasteiger partial charge in [0.1, 0.15) is 0 Å². The van der Waals surface area contributed by atoms with E-state index in [-0.39, 0.29) is 0 Å². The predicted molar refractivity (Wildman–Crippen MR) is 242 cm³/mol. The lowest BCUT2D eigenvalue weighted by atomic mass is 9.70. The molecule has 0 atom stereocenters. The van der Waals surface area contributed by atoms with Crippen molar-refractivity contribution in [2.75, 3.05) is 0 Å². The summed E-state index contributed by atoms with van der Waals surface area (Å²) in [6, 6.07) is 64.1. The Morgan fingerprint density at radius 3 is 1.08 bits per heavy atom. The lowest BCUT2D eigenvalue weighted by Gasteiger charge is -2.31. The van der Waals surface area contributed by atoms with Crippen LogP contribution in [0.4, 0.5) is 0 Å². The van der Waals surface area contributed by atoms with E-state index in [9.17, 15) is 0 Å². The molecule has 10 aromatic rings. The molecule has 0 amide bonds.